The van der Waals surface area contributed by atoms with E-state index in [1.165, 1.54) is 19.1 Å². The smallest absolute Gasteiger partial charge is 0.152 e. The van der Waals surface area contributed by atoms with Crippen LogP contribution in [0.5, 0.6) is 0 Å². The van der Waals surface area contributed by atoms with Crippen LogP contribution in [-0.2, 0) is 0 Å². The Morgan fingerprint density at radius 3 is 2.42 bits per heavy atom. The average molecular weight is 283 g/mol. The quantitative estimate of drug-likeness (QED) is 0.565. The Morgan fingerprint density at radius 1 is 1.33 bits per heavy atom. The number of hydrogen-bond acceptors (Lipinski definition) is 1. The number of halogens is 3. The van der Waals surface area contributed by atoms with Gasteiger partial charge in [-0.05, 0) is 19.1 Å². The fourth-order valence-corrected chi connectivity index (χ4v) is 1.26. The van der Waals surface area contributed by atoms with Crippen molar-refractivity contribution in [3.63, 3.8) is 0 Å². The van der Waals surface area contributed by atoms with Crippen LogP contribution < -0.4 is 3.11 Å². The molecule has 0 N–H and O–H groups in total. The molecule has 4 heteroatoms. The normalized spacial score (nSPS) is 10.1. The predicted molar refractivity (Wildman–Crippen MR) is 53.5 cm³/mol. The summed E-state index contributed by atoms with van der Waals surface area (Å²) in [5.41, 5.74) is 0.463. The van der Waals surface area contributed by atoms with Crippen LogP contribution in [0, 0.1) is 18.6 Å². The molecule has 0 atom stereocenters. The molecule has 0 aliphatic heterocycles. The molecule has 0 saturated carbocycles. The van der Waals surface area contributed by atoms with Crippen LogP contribution in [0.25, 0.3) is 0 Å². The van der Waals surface area contributed by atoms with E-state index in [1.807, 2.05) is 22.9 Å². The molecular formula is C8H8F2IN. The van der Waals surface area contributed by atoms with Crippen LogP contribution >= 0.6 is 22.9 Å². The maximum Gasteiger partial charge on any atom is 0.152 e. The zero-order valence-corrected chi connectivity index (χ0v) is 8.89. The molecule has 0 aromatic heterocycles. The van der Waals surface area contributed by atoms with Crippen LogP contribution in [0.1, 0.15) is 5.56 Å². The molecule has 0 unspecified atom stereocenters. The monoisotopic (exact) mass is 283 g/mol. The molecule has 1 aromatic carbocycles. The molecule has 1 nitrogen and oxygen atoms in total. The van der Waals surface area contributed by atoms with Gasteiger partial charge >= 0.3 is 0 Å². The van der Waals surface area contributed by atoms with Gasteiger partial charge in [0.05, 0.1) is 28.6 Å². The fourth-order valence-electron chi connectivity index (χ4n) is 0.885. The molecule has 1 aromatic rings. The molecule has 1 rings (SSSR count). The summed E-state index contributed by atoms with van der Waals surface area (Å²) in [5, 5.41) is 0. The third-order valence-corrected chi connectivity index (χ3v) is 2.15. The lowest BCUT2D eigenvalue weighted by molar-refractivity contribution is 0.570. The van der Waals surface area contributed by atoms with Crippen molar-refractivity contribution in [1.82, 2.24) is 0 Å². The molecule has 12 heavy (non-hydrogen) atoms. The number of anilines is 1. The summed E-state index contributed by atoms with van der Waals surface area (Å²) < 4.78 is 27.6. The Kier molecular flexibility index (Phi) is 2.87. The van der Waals surface area contributed by atoms with Gasteiger partial charge in [-0.2, -0.15) is 0 Å². The van der Waals surface area contributed by atoms with Gasteiger partial charge in [0.25, 0.3) is 0 Å². The molecule has 0 heterocycles. The Morgan fingerprint density at radius 2 is 1.92 bits per heavy atom. The van der Waals surface area contributed by atoms with Crippen molar-refractivity contribution in [1.29, 1.82) is 0 Å². The Hall–Kier alpha value is -0.390. The van der Waals surface area contributed by atoms with E-state index in [0.717, 1.165) is 0 Å². The van der Waals surface area contributed by atoms with Crippen LogP contribution in [0.3, 0.4) is 0 Å². The Bertz CT molecular complexity index is 299. The van der Waals surface area contributed by atoms with Crippen molar-refractivity contribution in [3.05, 3.63) is 29.3 Å². The van der Waals surface area contributed by atoms with E-state index in [1.54, 1.807) is 10.2 Å². The zero-order valence-electron chi connectivity index (χ0n) is 6.74. The highest BCUT2D eigenvalue weighted by Gasteiger charge is 2.10. The van der Waals surface area contributed by atoms with E-state index in [9.17, 15) is 8.78 Å². The maximum absolute atomic E-state index is 13.2. The van der Waals surface area contributed by atoms with Gasteiger partial charge in [-0.1, -0.05) is 0 Å². The van der Waals surface area contributed by atoms with Gasteiger partial charge in [0, 0.05) is 12.6 Å². The van der Waals surface area contributed by atoms with E-state index in [4.69, 9.17) is 0 Å². The van der Waals surface area contributed by atoms with Crippen molar-refractivity contribution in [2.75, 3.05) is 10.2 Å². The molecule has 0 amide bonds. The van der Waals surface area contributed by atoms with E-state index >= 15 is 0 Å². The van der Waals surface area contributed by atoms with E-state index in [-0.39, 0.29) is 5.56 Å². The minimum atomic E-state index is -0.505. The SMILES string of the molecule is Cc1c(F)ccc(N(C)I)c1F. The summed E-state index contributed by atoms with van der Waals surface area (Å²) >= 11 is 1.93. The number of hydrogen-bond donors (Lipinski definition) is 0. The Balaban J connectivity index is 3.27. The van der Waals surface area contributed by atoms with Gasteiger partial charge in [-0.3, -0.25) is 0 Å². The minimum Gasteiger partial charge on any atom is -0.315 e. The summed E-state index contributed by atoms with van der Waals surface area (Å²) in [6, 6.07) is 2.69. The molecule has 0 radical (unpaired) electrons. The summed E-state index contributed by atoms with van der Waals surface area (Å²) in [6.45, 7) is 1.42. The molecule has 0 bridgehead atoms. The highest BCUT2D eigenvalue weighted by Crippen LogP contribution is 2.24. The second kappa shape index (κ2) is 3.55. The highest BCUT2D eigenvalue weighted by atomic mass is 127. The molecular weight excluding hydrogens is 275 g/mol. The highest BCUT2D eigenvalue weighted by molar-refractivity contribution is 14.1. The van der Waals surface area contributed by atoms with E-state index in [0.29, 0.717) is 5.69 Å². The topological polar surface area (TPSA) is 3.24 Å². The lowest BCUT2D eigenvalue weighted by Crippen LogP contribution is -2.04. The average Bonchev–Trinajstić information content (AvgIpc) is 2.00. The summed E-state index contributed by atoms with van der Waals surface area (Å²) in [7, 11) is 1.70. The maximum atomic E-state index is 13.2. The first-order valence-electron chi connectivity index (χ1n) is 3.38. The minimum absolute atomic E-state index is 0.0658. The Labute approximate surface area is 83.9 Å². The van der Waals surface area contributed by atoms with E-state index in [2.05, 4.69) is 0 Å². The van der Waals surface area contributed by atoms with Gasteiger partial charge in [-0.25, -0.2) is 8.78 Å². The first-order chi connectivity index (χ1) is 5.54. The van der Waals surface area contributed by atoms with Gasteiger partial charge < -0.3 is 3.11 Å². The molecule has 0 saturated heterocycles. The van der Waals surface area contributed by atoms with Gasteiger partial charge in [0.2, 0.25) is 0 Å². The molecule has 0 aliphatic carbocycles. The third kappa shape index (κ3) is 1.68. The number of rotatable bonds is 1. The molecule has 0 fully saturated rings. The van der Waals surface area contributed by atoms with Gasteiger partial charge in [0.1, 0.15) is 5.82 Å². The molecule has 66 valence electrons. The third-order valence-electron chi connectivity index (χ3n) is 1.63. The number of benzene rings is 1. The standard InChI is InChI=1S/C8H8F2IN/c1-5-6(9)3-4-7(8(5)10)12(2)11/h3-4H,1-2H3. The molecule has 0 aliphatic rings. The van der Waals surface area contributed by atoms with Crippen LogP contribution in [0.15, 0.2) is 12.1 Å². The second-order valence-corrected chi connectivity index (χ2v) is 3.93. The van der Waals surface area contributed by atoms with Crippen LogP contribution in [0.2, 0.25) is 0 Å². The van der Waals surface area contributed by atoms with E-state index < -0.39 is 11.6 Å². The number of nitrogens with zero attached hydrogens (tertiary/aromatic N) is 1. The van der Waals surface area contributed by atoms with Crippen LogP contribution in [-0.4, -0.2) is 7.05 Å². The summed E-state index contributed by atoms with van der Waals surface area (Å²) in [5.74, 6) is -0.999. The largest absolute Gasteiger partial charge is 0.315 e. The van der Waals surface area contributed by atoms with Crippen molar-refractivity contribution in [2.24, 2.45) is 0 Å². The fraction of sp³-hybridized carbons (Fsp3) is 0.250. The van der Waals surface area contributed by atoms with Gasteiger partial charge in [-0.15, -0.1) is 0 Å². The first kappa shape index (κ1) is 9.70. The predicted octanol–water partition coefficient (Wildman–Crippen LogP) is 3.06. The molecule has 0 spiro atoms. The lowest BCUT2D eigenvalue weighted by atomic mass is 10.2. The second-order valence-electron chi connectivity index (χ2n) is 2.48. The van der Waals surface area contributed by atoms with Crippen LogP contribution in [0.4, 0.5) is 14.5 Å². The lowest BCUT2D eigenvalue weighted by Gasteiger charge is -2.12. The van der Waals surface area contributed by atoms with Gasteiger partial charge in [0.15, 0.2) is 5.82 Å². The van der Waals surface area contributed by atoms with Crippen molar-refractivity contribution in [3.8, 4) is 0 Å². The first-order valence-corrected chi connectivity index (χ1v) is 4.34. The van der Waals surface area contributed by atoms with Crippen molar-refractivity contribution >= 4 is 28.6 Å². The summed E-state index contributed by atoms with van der Waals surface area (Å²) in [4.78, 5) is 0. The van der Waals surface area contributed by atoms with Crippen molar-refractivity contribution < 1.29 is 8.78 Å². The zero-order chi connectivity index (χ0) is 9.30. The van der Waals surface area contributed by atoms with Crippen molar-refractivity contribution in [2.45, 2.75) is 6.92 Å². The summed E-state index contributed by atoms with van der Waals surface area (Å²) in [6.07, 6.45) is 0.